The van der Waals surface area contributed by atoms with Crippen molar-refractivity contribution in [2.45, 2.75) is 4.90 Å². The van der Waals surface area contributed by atoms with Gasteiger partial charge < -0.3 is 4.55 Å². The summed E-state index contributed by atoms with van der Waals surface area (Å²) in [6.45, 7) is 0. The maximum absolute atomic E-state index is 8.93. The molecular formula is C9H7NOS. The molecule has 0 aliphatic rings. The normalized spacial score (nSPS) is 10.4. The van der Waals surface area contributed by atoms with E-state index in [2.05, 4.69) is 4.98 Å². The van der Waals surface area contributed by atoms with Crippen LogP contribution in [0.1, 0.15) is 0 Å². The fourth-order valence-electron chi connectivity index (χ4n) is 1.17. The Kier molecular flexibility index (Phi) is 1.98. The molecule has 60 valence electrons. The fourth-order valence-corrected chi connectivity index (χ4v) is 1.60. The van der Waals surface area contributed by atoms with E-state index in [1.54, 1.807) is 12.4 Å². The molecule has 0 spiro atoms. The van der Waals surface area contributed by atoms with Crippen LogP contribution in [-0.2, 0) is 0 Å². The van der Waals surface area contributed by atoms with Gasteiger partial charge in [0.05, 0.1) is 0 Å². The van der Waals surface area contributed by atoms with Gasteiger partial charge in [-0.1, -0.05) is 12.1 Å². The van der Waals surface area contributed by atoms with Crippen molar-refractivity contribution in [1.82, 2.24) is 4.98 Å². The molecule has 1 aromatic carbocycles. The Morgan fingerprint density at radius 1 is 1.25 bits per heavy atom. The zero-order chi connectivity index (χ0) is 8.39. The molecule has 0 unspecified atom stereocenters. The second-order valence-electron chi connectivity index (χ2n) is 2.44. The summed E-state index contributed by atoms with van der Waals surface area (Å²) in [5.41, 5.74) is 0. The van der Waals surface area contributed by atoms with Crippen LogP contribution in [0.5, 0.6) is 0 Å². The van der Waals surface area contributed by atoms with E-state index >= 15 is 0 Å². The second-order valence-corrected chi connectivity index (χ2v) is 3.07. The number of hydrogen-bond donors (Lipinski definition) is 1. The van der Waals surface area contributed by atoms with Crippen LogP contribution in [0.4, 0.5) is 0 Å². The van der Waals surface area contributed by atoms with Crippen LogP contribution in [0, 0.1) is 0 Å². The van der Waals surface area contributed by atoms with Crippen LogP contribution < -0.4 is 0 Å². The van der Waals surface area contributed by atoms with E-state index in [0.29, 0.717) is 0 Å². The zero-order valence-electron chi connectivity index (χ0n) is 6.27. The SMILES string of the molecule is OSc1cccc2cnccc12. The predicted molar refractivity (Wildman–Crippen MR) is 50.2 cm³/mol. The summed E-state index contributed by atoms with van der Waals surface area (Å²) in [6, 6.07) is 7.66. The molecule has 0 bridgehead atoms. The Morgan fingerprint density at radius 3 is 3.00 bits per heavy atom. The first-order valence-corrected chi connectivity index (χ1v) is 4.33. The molecule has 0 aliphatic carbocycles. The molecule has 1 heterocycles. The summed E-state index contributed by atoms with van der Waals surface area (Å²) in [6.07, 6.45) is 3.51. The van der Waals surface area contributed by atoms with Crippen LogP contribution in [-0.4, -0.2) is 9.54 Å². The minimum absolute atomic E-state index is 0.771. The van der Waals surface area contributed by atoms with Crippen molar-refractivity contribution < 1.29 is 4.55 Å². The minimum Gasteiger partial charge on any atom is -0.325 e. The topological polar surface area (TPSA) is 33.1 Å². The number of benzene rings is 1. The van der Waals surface area contributed by atoms with Gasteiger partial charge in [0.25, 0.3) is 0 Å². The van der Waals surface area contributed by atoms with Crippen molar-refractivity contribution in [3.63, 3.8) is 0 Å². The third-order valence-electron chi connectivity index (χ3n) is 1.74. The number of hydrogen-bond acceptors (Lipinski definition) is 3. The van der Waals surface area contributed by atoms with Crippen LogP contribution in [0.15, 0.2) is 41.6 Å². The minimum atomic E-state index is 0.771. The molecule has 0 radical (unpaired) electrons. The van der Waals surface area contributed by atoms with Crippen molar-refractivity contribution >= 4 is 22.8 Å². The molecule has 2 rings (SSSR count). The molecule has 0 amide bonds. The number of fused-ring (bicyclic) bond motifs is 1. The van der Waals surface area contributed by atoms with Crippen LogP contribution in [0.25, 0.3) is 10.8 Å². The van der Waals surface area contributed by atoms with Crippen molar-refractivity contribution in [2.75, 3.05) is 0 Å². The van der Waals surface area contributed by atoms with E-state index in [-0.39, 0.29) is 0 Å². The van der Waals surface area contributed by atoms with Gasteiger partial charge in [-0.15, -0.1) is 0 Å². The average molecular weight is 177 g/mol. The molecule has 0 saturated heterocycles. The zero-order valence-corrected chi connectivity index (χ0v) is 7.08. The van der Waals surface area contributed by atoms with E-state index in [0.717, 1.165) is 27.7 Å². The summed E-state index contributed by atoms with van der Waals surface area (Å²) in [7, 11) is 0. The molecule has 2 nitrogen and oxygen atoms in total. The highest BCUT2D eigenvalue weighted by Gasteiger charge is 1.98. The first kappa shape index (κ1) is 7.58. The molecule has 12 heavy (non-hydrogen) atoms. The Balaban J connectivity index is 2.79. The lowest BCUT2D eigenvalue weighted by Crippen LogP contribution is -1.77. The lowest BCUT2D eigenvalue weighted by Gasteiger charge is -1.99. The molecule has 0 saturated carbocycles. The quantitative estimate of drug-likeness (QED) is 0.680. The predicted octanol–water partition coefficient (Wildman–Crippen LogP) is 2.80. The van der Waals surface area contributed by atoms with Crippen LogP contribution in [0.3, 0.4) is 0 Å². The van der Waals surface area contributed by atoms with E-state index < -0.39 is 0 Å². The highest BCUT2D eigenvalue weighted by atomic mass is 32.2. The summed E-state index contributed by atoms with van der Waals surface area (Å²) in [5, 5.41) is 2.09. The molecular weight excluding hydrogens is 170 g/mol. The Bertz CT molecular complexity index is 397. The van der Waals surface area contributed by atoms with Gasteiger partial charge in [-0.3, -0.25) is 4.98 Å². The Morgan fingerprint density at radius 2 is 2.17 bits per heavy atom. The molecule has 0 aliphatic heterocycles. The molecule has 3 heteroatoms. The van der Waals surface area contributed by atoms with Gasteiger partial charge in [0, 0.05) is 40.1 Å². The fraction of sp³-hybridized carbons (Fsp3) is 0. The largest absolute Gasteiger partial charge is 0.325 e. The third kappa shape index (κ3) is 1.17. The van der Waals surface area contributed by atoms with Crippen molar-refractivity contribution in [1.29, 1.82) is 0 Å². The summed E-state index contributed by atoms with van der Waals surface area (Å²) < 4.78 is 8.93. The van der Waals surface area contributed by atoms with E-state index in [1.165, 1.54) is 0 Å². The highest BCUT2D eigenvalue weighted by molar-refractivity contribution is 7.94. The molecule has 0 fully saturated rings. The smallest absolute Gasteiger partial charge is 0.0430 e. The van der Waals surface area contributed by atoms with Gasteiger partial charge in [0.15, 0.2) is 0 Å². The van der Waals surface area contributed by atoms with Crippen LogP contribution >= 0.6 is 12.0 Å². The molecule has 0 atom stereocenters. The van der Waals surface area contributed by atoms with Gasteiger partial charge in [-0.05, 0) is 12.1 Å². The molecule has 1 N–H and O–H groups in total. The maximum Gasteiger partial charge on any atom is 0.0430 e. The number of aromatic nitrogens is 1. The Hall–Kier alpha value is -1.06. The standard InChI is InChI=1S/C9H7NOS/c11-12-9-3-1-2-7-6-10-5-4-8(7)9/h1-6,11H. The van der Waals surface area contributed by atoms with E-state index in [9.17, 15) is 0 Å². The molecule has 2 aromatic rings. The lowest BCUT2D eigenvalue weighted by molar-refractivity contribution is 0.664. The van der Waals surface area contributed by atoms with Gasteiger partial charge >= 0.3 is 0 Å². The van der Waals surface area contributed by atoms with Crippen molar-refractivity contribution in [2.24, 2.45) is 0 Å². The number of pyridine rings is 1. The van der Waals surface area contributed by atoms with Crippen LogP contribution in [0.2, 0.25) is 0 Å². The Labute approximate surface area is 74.5 Å². The first-order chi connectivity index (χ1) is 5.92. The number of nitrogens with zero attached hydrogens (tertiary/aromatic N) is 1. The number of rotatable bonds is 1. The third-order valence-corrected chi connectivity index (χ3v) is 2.29. The lowest BCUT2D eigenvalue weighted by atomic mass is 10.2. The van der Waals surface area contributed by atoms with E-state index in [4.69, 9.17) is 4.55 Å². The monoisotopic (exact) mass is 177 g/mol. The summed E-state index contributed by atoms with van der Waals surface area (Å²) in [5.74, 6) is 0. The van der Waals surface area contributed by atoms with Gasteiger partial charge in [-0.25, -0.2) is 0 Å². The van der Waals surface area contributed by atoms with Gasteiger partial charge in [0.1, 0.15) is 0 Å². The van der Waals surface area contributed by atoms with E-state index in [1.807, 2.05) is 24.3 Å². The van der Waals surface area contributed by atoms with Gasteiger partial charge in [0.2, 0.25) is 0 Å². The van der Waals surface area contributed by atoms with Crippen molar-refractivity contribution in [3.05, 3.63) is 36.7 Å². The highest BCUT2D eigenvalue weighted by Crippen LogP contribution is 2.24. The first-order valence-electron chi connectivity index (χ1n) is 3.56. The maximum atomic E-state index is 8.93. The van der Waals surface area contributed by atoms with Crippen molar-refractivity contribution in [3.8, 4) is 0 Å². The summed E-state index contributed by atoms with van der Waals surface area (Å²) in [4.78, 5) is 4.87. The summed E-state index contributed by atoms with van der Waals surface area (Å²) >= 11 is 0.771. The average Bonchev–Trinajstić information content (AvgIpc) is 2.17. The molecule has 1 aromatic heterocycles. The second kappa shape index (κ2) is 3.13. The van der Waals surface area contributed by atoms with Gasteiger partial charge in [-0.2, -0.15) is 0 Å².